The number of ether oxygens (including phenoxy) is 1. The number of benzene rings is 2. The van der Waals surface area contributed by atoms with Crippen molar-refractivity contribution in [1.29, 1.82) is 0 Å². The molecule has 120 valence electrons. The van der Waals surface area contributed by atoms with Crippen LogP contribution in [-0.4, -0.2) is 13.1 Å². The van der Waals surface area contributed by atoms with Gasteiger partial charge in [0.15, 0.2) is 0 Å². The van der Waals surface area contributed by atoms with Gasteiger partial charge in [0.2, 0.25) is 0 Å². The molecule has 0 heterocycles. The van der Waals surface area contributed by atoms with Crippen molar-refractivity contribution in [3.8, 4) is 0 Å². The lowest BCUT2D eigenvalue weighted by atomic mass is 9.92. The Hall–Kier alpha value is -3.01. The maximum Gasteiger partial charge on any atom is 0.337 e. The monoisotopic (exact) mass is 324 g/mol. The first-order valence-corrected chi connectivity index (χ1v) is 7.26. The quantitative estimate of drug-likeness (QED) is 0.733. The summed E-state index contributed by atoms with van der Waals surface area (Å²) in [6, 6.07) is 10.5. The molecule has 0 saturated carbocycles. The molecule has 0 N–H and O–H groups in total. The molecule has 0 amide bonds. The highest BCUT2D eigenvalue weighted by molar-refractivity contribution is 5.95. The van der Waals surface area contributed by atoms with E-state index in [0.717, 1.165) is 0 Å². The van der Waals surface area contributed by atoms with Crippen LogP contribution in [0.2, 0.25) is 0 Å². The van der Waals surface area contributed by atoms with E-state index in [1.807, 2.05) is 0 Å². The van der Waals surface area contributed by atoms with Gasteiger partial charge in [0.25, 0.3) is 0 Å². The van der Waals surface area contributed by atoms with Gasteiger partial charge in [-0.05, 0) is 58.7 Å². The molecular weight excluding hydrogens is 310 g/mol. The van der Waals surface area contributed by atoms with Crippen molar-refractivity contribution in [2.75, 3.05) is 7.11 Å². The second-order valence-electron chi connectivity index (χ2n) is 5.38. The van der Waals surface area contributed by atoms with Crippen LogP contribution < -0.4 is 0 Å². The molecule has 0 spiro atoms. The Morgan fingerprint density at radius 3 is 2.38 bits per heavy atom. The fourth-order valence-electron chi connectivity index (χ4n) is 2.63. The summed E-state index contributed by atoms with van der Waals surface area (Å²) in [5.74, 6) is -1.32. The number of carbonyl (C=O) groups is 1. The highest BCUT2D eigenvalue weighted by atomic mass is 19.1. The molecule has 0 bridgehead atoms. The van der Waals surface area contributed by atoms with E-state index in [1.54, 1.807) is 24.3 Å². The van der Waals surface area contributed by atoms with E-state index in [2.05, 4.69) is 6.58 Å². The average molecular weight is 324 g/mol. The maximum absolute atomic E-state index is 14.4. The van der Waals surface area contributed by atoms with Crippen molar-refractivity contribution < 1.29 is 18.3 Å². The van der Waals surface area contributed by atoms with E-state index < -0.39 is 11.8 Å². The summed E-state index contributed by atoms with van der Waals surface area (Å²) in [7, 11) is 1.28. The van der Waals surface area contributed by atoms with Gasteiger partial charge in [-0.1, -0.05) is 24.8 Å². The molecule has 4 heteroatoms. The minimum Gasteiger partial charge on any atom is -0.465 e. The fourth-order valence-corrected chi connectivity index (χ4v) is 2.63. The first-order valence-electron chi connectivity index (χ1n) is 7.26. The average Bonchev–Trinajstić information content (AvgIpc) is 2.71. The van der Waals surface area contributed by atoms with E-state index in [4.69, 9.17) is 4.74 Å². The second kappa shape index (κ2) is 6.24. The summed E-state index contributed by atoms with van der Waals surface area (Å²) in [6.45, 7) is 3.82. The number of esters is 1. The summed E-state index contributed by atoms with van der Waals surface area (Å²) in [4.78, 5) is 11.8. The van der Waals surface area contributed by atoms with Gasteiger partial charge in [-0.2, -0.15) is 0 Å². The minimum atomic E-state index is -0.510. The zero-order valence-electron chi connectivity index (χ0n) is 13.0. The Morgan fingerprint density at radius 2 is 1.71 bits per heavy atom. The van der Waals surface area contributed by atoms with Crippen molar-refractivity contribution in [1.82, 2.24) is 0 Å². The summed E-state index contributed by atoms with van der Waals surface area (Å²) < 4.78 is 32.4. The molecular formula is C20H14F2O2. The summed E-state index contributed by atoms with van der Waals surface area (Å²) >= 11 is 0. The molecule has 1 aliphatic rings. The molecule has 2 nitrogen and oxygen atoms in total. The SMILES string of the molecule is C=C1C=C(F)c2ccc(C(=O)OC)cc2C(c2ccc(F)cc2)=C1. The Bertz CT molecular complexity index is 890. The van der Waals surface area contributed by atoms with Crippen LogP contribution in [0.3, 0.4) is 0 Å². The van der Waals surface area contributed by atoms with Gasteiger partial charge in [0, 0.05) is 5.56 Å². The Kier molecular flexibility index (Phi) is 4.13. The third-order valence-electron chi connectivity index (χ3n) is 3.79. The number of fused-ring (bicyclic) bond motifs is 1. The van der Waals surface area contributed by atoms with E-state index >= 15 is 0 Å². The van der Waals surface area contributed by atoms with Gasteiger partial charge >= 0.3 is 5.97 Å². The van der Waals surface area contributed by atoms with Crippen LogP contribution in [0, 0.1) is 5.82 Å². The third kappa shape index (κ3) is 2.91. The van der Waals surface area contributed by atoms with Crippen LogP contribution in [0.1, 0.15) is 27.0 Å². The predicted octanol–water partition coefficient (Wildman–Crippen LogP) is 4.92. The molecule has 0 atom stereocenters. The van der Waals surface area contributed by atoms with Crippen molar-refractivity contribution in [3.05, 3.63) is 94.8 Å². The Labute approximate surface area is 138 Å². The Balaban J connectivity index is 2.24. The van der Waals surface area contributed by atoms with Crippen molar-refractivity contribution in [2.45, 2.75) is 0 Å². The van der Waals surface area contributed by atoms with E-state index in [9.17, 15) is 13.6 Å². The number of allylic oxidation sites excluding steroid dienone is 3. The van der Waals surface area contributed by atoms with Gasteiger partial charge in [0.05, 0.1) is 12.7 Å². The predicted molar refractivity (Wildman–Crippen MR) is 89.5 cm³/mol. The fraction of sp³-hybridized carbons (Fsp3) is 0.0500. The van der Waals surface area contributed by atoms with Gasteiger partial charge in [-0.3, -0.25) is 0 Å². The molecule has 0 aromatic heterocycles. The molecule has 0 radical (unpaired) electrons. The third-order valence-corrected chi connectivity index (χ3v) is 3.79. The van der Waals surface area contributed by atoms with Crippen LogP contribution in [-0.2, 0) is 4.74 Å². The normalized spacial score (nSPS) is 13.5. The van der Waals surface area contributed by atoms with Crippen LogP contribution in [0.5, 0.6) is 0 Å². The summed E-state index contributed by atoms with van der Waals surface area (Å²) in [5, 5.41) is 0. The molecule has 0 aliphatic heterocycles. The molecule has 0 saturated heterocycles. The molecule has 3 rings (SSSR count). The lowest BCUT2D eigenvalue weighted by molar-refractivity contribution is 0.0600. The largest absolute Gasteiger partial charge is 0.465 e. The highest BCUT2D eigenvalue weighted by Crippen LogP contribution is 2.36. The second-order valence-corrected chi connectivity index (χ2v) is 5.38. The zero-order valence-corrected chi connectivity index (χ0v) is 13.0. The number of rotatable bonds is 2. The maximum atomic E-state index is 14.4. The van der Waals surface area contributed by atoms with E-state index in [1.165, 1.54) is 37.5 Å². The van der Waals surface area contributed by atoms with Crippen LogP contribution >= 0.6 is 0 Å². The first-order chi connectivity index (χ1) is 11.5. The van der Waals surface area contributed by atoms with Crippen molar-refractivity contribution >= 4 is 17.4 Å². The molecule has 2 aromatic rings. The lowest BCUT2D eigenvalue weighted by Crippen LogP contribution is -2.03. The van der Waals surface area contributed by atoms with Gasteiger partial charge in [-0.25, -0.2) is 13.6 Å². The number of methoxy groups -OCH3 is 1. The standard InChI is InChI=1S/C20H14F2O2/c1-12-9-17(13-3-6-15(21)7-4-13)18-11-14(20(23)24-2)5-8-16(18)19(22)10-12/h3-11H,1H2,2H3. The summed E-state index contributed by atoms with van der Waals surface area (Å²) in [6.07, 6.45) is 3.03. The Morgan fingerprint density at radius 1 is 1.00 bits per heavy atom. The van der Waals surface area contributed by atoms with E-state index in [-0.39, 0.29) is 5.82 Å². The van der Waals surface area contributed by atoms with Crippen molar-refractivity contribution in [3.63, 3.8) is 0 Å². The molecule has 2 aromatic carbocycles. The van der Waals surface area contributed by atoms with Gasteiger partial charge < -0.3 is 4.74 Å². The van der Waals surface area contributed by atoms with Gasteiger partial charge in [-0.15, -0.1) is 0 Å². The highest BCUT2D eigenvalue weighted by Gasteiger charge is 2.19. The number of halogens is 2. The van der Waals surface area contributed by atoms with Crippen molar-refractivity contribution in [2.24, 2.45) is 0 Å². The summed E-state index contributed by atoms with van der Waals surface area (Å²) in [5.41, 5.74) is 3.01. The minimum absolute atomic E-state index is 0.310. The number of hydrogen-bond acceptors (Lipinski definition) is 2. The smallest absolute Gasteiger partial charge is 0.337 e. The zero-order chi connectivity index (χ0) is 17.3. The van der Waals surface area contributed by atoms with Crippen LogP contribution in [0.4, 0.5) is 8.78 Å². The number of hydrogen-bond donors (Lipinski definition) is 0. The van der Waals surface area contributed by atoms with Gasteiger partial charge in [0.1, 0.15) is 11.6 Å². The molecule has 0 fully saturated rings. The first kappa shape index (κ1) is 15.9. The molecule has 0 unspecified atom stereocenters. The van der Waals surface area contributed by atoms with Crippen LogP contribution in [0.25, 0.3) is 11.4 Å². The van der Waals surface area contributed by atoms with Crippen LogP contribution in [0.15, 0.2) is 66.8 Å². The molecule has 1 aliphatic carbocycles. The lowest BCUT2D eigenvalue weighted by Gasteiger charge is -2.13. The number of carbonyl (C=O) groups excluding carboxylic acids is 1. The topological polar surface area (TPSA) is 26.3 Å². The van der Waals surface area contributed by atoms with E-state index in [0.29, 0.717) is 33.4 Å². The molecule has 24 heavy (non-hydrogen) atoms.